The lowest BCUT2D eigenvalue weighted by Crippen LogP contribution is -2.45. The molecule has 1 aliphatic heterocycles. The van der Waals surface area contributed by atoms with Crippen LogP contribution in [0.25, 0.3) is 0 Å². The van der Waals surface area contributed by atoms with Crippen LogP contribution < -0.4 is 15.4 Å². The third-order valence-electron chi connectivity index (χ3n) is 4.39. The largest absolute Gasteiger partial charge is 0.487 e. The number of nitrogens with one attached hydrogen (secondary N) is 2. The number of aromatic nitrogens is 1. The maximum Gasteiger partial charge on any atom is 0.214 e. The lowest BCUT2D eigenvalue weighted by molar-refractivity contribution is 0.0694. The number of hydrogen-bond donors (Lipinski definition) is 2. The third-order valence-corrected chi connectivity index (χ3v) is 4.39. The number of hydrogen-bond acceptors (Lipinski definition) is 4. The molecule has 0 bridgehead atoms. The lowest BCUT2D eigenvalue weighted by atomic mass is 9.90. The number of rotatable bonds is 3. The molecule has 1 atom stereocenters. The van der Waals surface area contributed by atoms with Crippen LogP contribution in [-0.2, 0) is 6.54 Å². The topological polar surface area (TPSA) is 71.7 Å². The third kappa shape index (κ3) is 3.95. The van der Waals surface area contributed by atoms with Crippen molar-refractivity contribution in [2.45, 2.75) is 52.3 Å². The first kappa shape index (κ1) is 17.3. The number of para-hydroxylation sites is 1. The minimum absolute atomic E-state index is 0.124. The number of benzene rings is 1. The molecule has 2 N–H and O–H groups in total. The summed E-state index contributed by atoms with van der Waals surface area (Å²) in [6, 6.07) is 8.26. The van der Waals surface area contributed by atoms with E-state index in [1.165, 1.54) is 0 Å². The number of oxazole rings is 1. The van der Waals surface area contributed by atoms with Gasteiger partial charge in [0.05, 0.1) is 18.3 Å². The highest BCUT2D eigenvalue weighted by Gasteiger charge is 2.33. The van der Waals surface area contributed by atoms with Crippen LogP contribution in [0.15, 0.2) is 33.7 Å². The zero-order valence-electron chi connectivity index (χ0n) is 15.5. The molecular formula is C19H26N4O2. The van der Waals surface area contributed by atoms with Crippen LogP contribution in [0.4, 0.5) is 0 Å². The van der Waals surface area contributed by atoms with E-state index in [2.05, 4.69) is 40.5 Å². The molecule has 1 aromatic heterocycles. The zero-order chi connectivity index (χ0) is 18.0. The summed E-state index contributed by atoms with van der Waals surface area (Å²) in [4.78, 5) is 8.72. The van der Waals surface area contributed by atoms with Crippen LogP contribution >= 0.6 is 0 Å². The summed E-state index contributed by atoms with van der Waals surface area (Å²) < 4.78 is 11.7. The van der Waals surface area contributed by atoms with E-state index < -0.39 is 0 Å². The van der Waals surface area contributed by atoms with E-state index >= 15 is 0 Å². The number of ether oxygens (including phenoxy) is 1. The second-order valence-electron chi connectivity index (χ2n) is 6.98. The molecule has 2 heterocycles. The maximum absolute atomic E-state index is 6.08. The van der Waals surface area contributed by atoms with Crippen LogP contribution in [-0.4, -0.2) is 23.6 Å². The summed E-state index contributed by atoms with van der Waals surface area (Å²) in [6.45, 7) is 8.55. The number of guanidine groups is 1. The number of aryl methyl sites for hydroxylation is 2. The van der Waals surface area contributed by atoms with Crippen LogP contribution in [0.5, 0.6) is 5.75 Å². The fourth-order valence-corrected chi connectivity index (χ4v) is 3.06. The van der Waals surface area contributed by atoms with Gasteiger partial charge in [-0.3, -0.25) is 4.99 Å². The average molecular weight is 342 g/mol. The van der Waals surface area contributed by atoms with Crippen molar-refractivity contribution >= 4 is 5.96 Å². The van der Waals surface area contributed by atoms with Crippen molar-refractivity contribution in [3.05, 3.63) is 47.2 Å². The van der Waals surface area contributed by atoms with Crippen molar-refractivity contribution in [2.75, 3.05) is 7.05 Å². The fraction of sp³-hybridized carbons (Fsp3) is 0.474. The normalized spacial score (nSPS) is 19.1. The van der Waals surface area contributed by atoms with Gasteiger partial charge in [-0.25, -0.2) is 4.98 Å². The van der Waals surface area contributed by atoms with Gasteiger partial charge in [0.25, 0.3) is 0 Å². The first-order valence-electron chi connectivity index (χ1n) is 8.56. The minimum atomic E-state index is -0.234. The average Bonchev–Trinajstić information content (AvgIpc) is 2.88. The van der Waals surface area contributed by atoms with Gasteiger partial charge in [0.15, 0.2) is 5.96 Å². The molecule has 0 saturated carbocycles. The SMILES string of the molecule is CN=C(NCc1nc(C)c(C)o1)NC1CC(C)(C)Oc2ccccc21. The van der Waals surface area contributed by atoms with Crippen LogP contribution in [0.2, 0.25) is 0 Å². The molecule has 6 nitrogen and oxygen atoms in total. The highest BCUT2D eigenvalue weighted by atomic mass is 16.5. The molecule has 1 aliphatic rings. The molecule has 134 valence electrons. The Balaban J connectivity index is 1.71. The summed E-state index contributed by atoms with van der Waals surface area (Å²) in [5, 5.41) is 6.77. The Morgan fingerprint density at radius 2 is 2.08 bits per heavy atom. The summed E-state index contributed by atoms with van der Waals surface area (Å²) >= 11 is 0. The Hall–Kier alpha value is -2.50. The van der Waals surface area contributed by atoms with Crippen molar-refractivity contribution < 1.29 is 9.15 Å². The van der Waals surface area contributed by atoms with Crippen molar-refractivity contribution in [3.63, 3.8) is 0 Å². The van der Waals surface area contributed by atoms with Crippen molar-refractivity contribution in [1.29, 1.82) is 0 Å². The molecule has 0 amide bonds. The van der Waals surface area contributed by atoms with Crippen LogP contribution in [0, 0.1) is 13.8 Å². The van der Waals surface area contributed by atoms with E-state index in [4.69, 9.17) is 9.15 Å². The fourth-order valence-electron chi connectivity index (χ4n) is 3.06. The zero-order valence-corrected chi connectivity index (χ0v) is 15.5. The van der Waals surface area contributed by atoms with Crippen LogP contribution in [0.1, 0.15) is 49.2 Å². The predicted octanol–water partition coefficient (Wildman–Crippen LogP) is 3.26. The minimum Gasteiger partial charge on any atom is -0.487 e. The highest BCUT2D eigenvalue weighted by Crippen LogP contribution is 2.39. The van der Waals surface area contributed by atoms with E-state index in [0.717, 1.165) is 29.2 Å². The van der Waals surface area contributed by atoms with Crippen molar-refractivity contribution in [2.24, 2.45) is 4.99 Å². The van der Waals surface area contributed by atoms with Gasteiger partial charge in [-0.2, -0.15) is 0 Å². The quantitative estimate of drug-likeness (QED) is 0.662. The summed E-state index contributed by atoms with van der Waals surface area (Å²) in [6.07, 6.45) is 0.849. The molecule has 0 radical (unpaired) electrons. The molecule has 0 fully saturated rings. The second-order valence-corrected chi connectivity index (χ2v) is 6.98. The summed E-state index contributed by atoms with van der Waals surface area (Å²) in [7, 11) is 1.76. The summed E-state index contributed by atoms with van der Waals surface area (Å²) in [5.41, 5.74) is 1.83. The Labute approximate surface area is 148 Å². The maximum atomic E-state index is 6.08. The lowest BCUT2D eigenvalue weighted by Gasteiger charge is -2.38. The van der Waals surface area contributed by atoms with E-state index in [1.54, 1.807) is 7.05 Å². The van der Waals surface area contributed by atoms with E-state index in [9.17, 15) is 0 Å². The molecule has 6 heteroatoms. The van der Waals surface area contributed by atoms with Crippen molar-refractivity contribution in [3.8, 4) is 5.75 Å². The van der Waals surface area contributed by atoms with Gasteiger partial charge in [-0.05, 0) is 33.8 Å². The molecule has 25 heavy (non-hydrogen) atoms. The first-order valence-corrected chi connectivity index (χ1v) is 8.56. The smallest absolute Gasteiger partial charge is 0.214 e. The standard InChI is InChI=1S/C19H26N4O2/c1-12-13(2)24-17(22-12)11-21-18(20-5)23-15-10-19(3,4)25-16-9-7-6-8-14(15)16/h6-9,15H,10-11H2,1-5H3,(H2,20,21,23). The number of nitrogens with zero attached hydrogens (tertiary/aromatic N) is 2. The Bertz CT molecular complexity index is 760. The van der Waals surface area contributed by atoms with Gasteiger partial charge >= 0.3 is 0 Å². The molecule has 2 aromatic rings. The second kappa shape index (κ2) is 6.78. The Morgan fingerprint density at radius 1 is 1.32 bits per heavy atom. The Morgan fingerprint density at radius 3 is 2.76 bits per heavy atom. The molecule has 0 spiro atoms. The molecule has 0 saturated heterocycles. The summed E-state index contributed by atoms with van der Waals surface area (Å²) in [5.74, 6) is 3.14. The van der Waals surface area contributed by atoms with Gasteiger partial charge in [0, 0.05) is 19.0 Å². The van der Waals surface area contributed by atoms with Gasteiger partial charge in [-0.1, -0.05) is 18.2 Å². The van der Waals surface area contributed by atoms with Gasteiger partial charge in [-0.15, -0.1) is 0 Å². The van der Waals surface area contributed by atoms with E-state index in [-0.39, 0.29) is 11.6 Å². The monoisotopic (exact) mass is 342 g/mol. The van der Waals surface area contributed by atoms with E-state index in [1.807, 2.05) is 32.0 Å². The van der Waals surface area contributed by atoms with E-state index in [0.29, 0.717) is 18.4 Å². The van der Waals surface area contributed by atoms with Gasteiger partial charge < -0.3 is 19.8 Å². The number of fused-ring (bicyclic) bond motifs is 1. The highest BCUT2D eigenvalue weighted by molar-refractivity contribution is 5.80. The molecule has 0 aliphatic carbocycles. The van der Waals surface area contributed by atoms with Crippen LogP contribution in [0.3, 0.4) is 0 Å². The Kier molecular flexibility index (Phi) is 4.70. The molecular weight excluding hydrogens is 316 g/mol. The molecule has 1 unspecified atom stereocenters. The predicted molar refractivity (Wildman–Crippen MR) is 97.8 cm³/mol. The van der Waals surface area contributed by atoms with Gasteiger partial charge in [0.1, 0.15) is 17.1 Å². The number of aliphatic imine (C=N–C) groups is 1. The molecule has 1 aromatic carbocycles. The molecule has 3 rings (SSSR count). The van der Waals surface area contributed by atoms with Gasteiger partial charge in [0.2, 0.25) is 5.89 Å². The first-order chi connectivity index (χ1) is 11.9. The van der Waals surface area contributed by atoms with Crippen molar-refractivity contribution in [1.82, 2.24) is 15.6 Å².